The van der Waals surface area contributed by atoms with Gasteiger partial charge in [0.2, 0.25) is 0 Å². The monoisotopic (exact) mass is 283 g/mol. The minimum Gasteiger partial charge on any atom is -0.313 e. The summed E-state index contributed by atoms with van der Waals surface area (Å²) in [6.45, 7) is 2.07. The van der Waals surface area contributed by atoms with Crippen molar-refractivity contribution in [3.63, 3.8) is 0 Å². The topological polar surface area (TPSA) is 12.0 Å². The number of likely N-dealkylation sites (N-methyl/N-ethyl adjacent to an activating group) is 1. The SMILES string of the molecule is CNC(Cc1c(F)cccc1Cl)c1cscc1C. The van der Waals surface area contributed by atoms with Crippen LogP contribution in [0.1, 0.15) is 22.7 Å². The summed E-state index contributed by atoms with van der Waals surface area (Å²) >= 11 is 7.73. The molecule has 0 saturated heterocycles. The van der Waals surface area contributed by atoms with Crippen molar-refractivity contribution in [2.75, 3.05) is 7.05 Å². The Labute approximate surface area is 116 Å². The van der Waals surface area contributed by atoms with E-state index in [9.17, 15) is 4.39 Å². The van der Waals surface area contributed by atoms with E-state index in [0.717, 1.165) is 0 Å². The third-order valence-electron chi connectivity index (χ3n) is 3.09. The van der Waals surface area contributed by atoms with Gasteiger partial charge >= 0.3 is 0 Å². The van der Waals surface area contributed by atoms with Crippen molar-refractivity contribution in [1.82, 2.24) is 5.32 Å². The van der Waals surface area contributed by atoms with Crippen molar-refractivity contribution in [2.24, 2.45) is 0 Å². The third kappa shape index (κ3) is 2.74. The van der Waals surface area contributed by atoms with E-state index in [4.69, 9.17) is 11.6 Å². The van der Waals surface area contributed by atoms with E-state index in [1.54, 1.807) is 23.5 Å². The number of rotatable bonds is 4. The van der Waals surface area contributed by atoms with E-state index in [-0.39, 0.29) is 11.9 Å². The van der Waals surface area contributed by atoms with Gasteiger partial charge in [-0.25, -0.2) is 4.39 Å². The summed E-state index contributed by atoms with van der Waals surface area (Å²) < 4.78 is 13.8. The molecule has 0 bridgehead atoms. The van der Waals surface area contributed by atoms with E-state index in [1.807, 2.05) is 7.05 Å². The molecular weight excluding hydrogens is 269 g/mol. The predicted molar refractivity (Wildman–Crippen MR) is 76.0 cm³/mol. The highest BCUT2D eigenvalue weighted by molar-refractivity contribution is 7.08. The van der Waals surface area contributed by atoms with Crippen LogP contribution in [-0.4, -0.2) is 7.05 Å². The fourth-order valence-electron chi connectivity index (χ4n) is 2.03. The summed E-state index contributed by atoms with van der Waals surface area (Å²) in [4.78, 5) is 0. The molecule has 0 aliphatic heterocycles. The highest BCUT2D eigenvalue weighted by Gasteiger charge is 2.17. The van der Waals surface area contributed by atoms with E-state index in [2.05, 4.69) is 23.0 Å². The molecule has 0 fully saturated rings. The molecular formula is C14H15ClFNS. The molecule has 2 rings (SSSR count). The minimum absolute atomic E-state index is 0.0886. The molecule has 0 aliphatic carbocycles. The Kier molecular flexibility index (Phi) is 4.38. The number of halogens is 2. The van der Waals surface area contributed by atoms with Crippen molar-refractivity contribution in [3.8, 4) is 0 Å². The smallest absolute Gasteiger partial charge is 0.127 e. The lowest BCUT2D eigenvalue weighted by Crippen LogP contribution is -2.19. The molecule has 0 aliphatic rings. The fraction of sp³-hybridized carbons (Fsp3) is 0.286. The van der Waals surface area contributed by atoms with Gasteiger partial charge in [0.05, 0.1) is 0 Å². The molecule has 0 spiro atoms. The second-order valence-electron chi connectivity index (χ2n) is 4.26. The van der Waals surface area contributed by atoms with Crippen LogP contribution in [0, 0.1) is 12.7 Å². The largest absolute Gasteiger partial charge is 0.313 e. The molecule has 1 nitrogen and oxygen atoms in total. The number of thiophene rings is 1. The molecule has 1 aromatic carbocycles. The highest BCUT2D eigenvalue weighted by Crippen LogP contribution is 2.28. The van der Waals surface area contributed by atoms with Crippen LogP contribution in [0.5, 0.6) is 0 Å². The van der Waals surface area contributed by atoms with Gasteiger partial charge in [0.15, 0.2) is 0 Å². The molecule has 4 heteroatoms. The Bertz CT molecular complexity index is 518. The first-order valence-corrected chi connectivity index (χ1v) is 7.08. The maximum Gasteiger partial charge on any atom is 0.127 e. The highest BCUT2D eigenvalue weighted by atomic mass is 35.5. The van der Waals surface area contributed by atoms with Gasteiger partial charge in [0.1, 0.15) is 5.82 Å². The first-order chi connectivity index (χ1) is 8.63. The molecule has 1 N–H and O–H groups in total. The van der Waals surface area contributed by atoms with Crippen molar-refractivity contribution >= 4 is 22.9 Å². The molecule has 0 radical (unpaired) electrons. The molecule has 0 saturated carbocycles. The normalized spacial score (nSPS) is 12.7. The van der Waals surface area contributed by atoms with Crippen LogP contribution in [-0.2, 0) is 6.42 Å². The predicted octanol–water partition coefficient (Wildman–Crippen LogP) is 4.35. The number of nitrogens with one attached hydrogen (secondary N) is 1. The first-order valence-electron chi connectivity index (χ1n) is 5.76. The number of hydrogen-bond acceptors (Lipinski definition) is 2. The summed E-state index contributed by atoms with van der Waals surface area (Å²) in [5, 5.41) is 7.92. The van der Waals surface area contributed by atoms with Gasteiger partial charge in [-0.15, -0.1) is 0 Å². The van der Waals surface area contributed by atoms with Crippen LogP contribution < -0.4 is 5.32 Å². The molecule has 1 heterocycles. The summed E-state index contributed by atoms with van der Waals surface area (Å²) in [6, 6.07) is 4.90. The van der Waals surface area contributed by atoms with Crippen molar-refractivity contribution in [3.05, 3.63) is 56.5 Å². The zero-order valence-corrected chi connectivity index (χ0v) is 11.9. The standard InChI is InChI=1S/C14H15ClFNS/c1-9-7-18-8-11(9)14(17-2)6-10-12(15)4-3-5-13(10)16/h3-5,7-8,14,17H,6H2,1-2H3. The number of hydrogen-bond donors (Lipinski definition) is 1. The average Bonchev–Trinajstić information content (AvgIpc) is 2.76. The van der Waals surface area contributed by atoms with Gasteiger partial charge in [-0.05, 0) is 54.4 Å². The summed E-state index contributed by atoms with van der Waals surface area (Å²) in [5.74, 6) is -0.240. The molecule has 1 aromatic heterocycles. The summed E-state index contributed by atoms with van der Waals surface area (Å²) in [5.41, 5.74) is 3.01. The molecule has 2 aromatic rings. The number of benzene rings is 1. The van der Waals surface area contributed by atoms with Crippen molar-refractivity contribution in [2.45, 2.75) is 19.4 Å². The zero-order chi connectivity index (χ0) is 13.1. The van der Waals surface area contributed by atoms with Crippen molar-refractivity contribution in [1.29, 1.82) is 0 Å². The van der Waals surface area contributed by atoms with Gasteiger partial charge in [-0.2, -0.15) is 11.3 Å². The van der Waals surface area contributed by atoms with Gasteiger partial charge in [0.25, 0.3) is 0 Å². The van der Waals surface area contributed by atoms with Crippen LogP contribution in [0.4, 0.5) is 4.39 Å². The van der Waals surface area contributed by atoms with Crippen LogP contribution >= 0.6 is 22.9 Å². The Morgan fingerprint density at radius 1 is 1.39 bits per heavy atom. The lowest BCUT2D eigenvalue weighted by molar-refractivity contribution is 0.554. The van der Waals surface area contributed by atoms with Crippen LogP contribution in [0.2, 0.25) is 5.02 Å². The fourth-order valence-corrected chi connectivity index (χ4v) is 3.17. The average molecular weight is 284 g/mol. The van der Waals surface area contributed by atoms with Gasteiger partial charge in [-0.1, -0.05) is 17.7 Å². The molecule has 1 unspecified atom stereocenters. The first kappa shape index (κ1) is 13.5. The second kappa shape index (κ2) is 5.83. The lowest BCUT2D eigenvalue weighted by atomic mass is 9.98. The molecule has 1 atom stereocenters. The molecule has 18 heavy (non-hydrogen) atoms. The maximum atomic E-state index is 13.8. The van der Waals surface area contributed by atoms with E-state index >= 15 is 0 Å². The Hall–Kier alpha value is -0.900. The van der Waals surface area contributed by atoms with E-state index < -0.39 is 0 Å². The summed E-state index contributed by atoms with van der Waals surface area (Å²) in [6.07, 6.45) is 0.555. The lowest BCUT2D eigenvalue weighted by Gasteiger charge is -2.17. The zero-order valence-electron chi connectivity index (χ0n) is 10.3. The van der Waals surface area contributed by atoms with Gasteiger partial charge in [-0.3, -0.25) is 0 Å². The number of aryl methyl sites for hydroxylation is 1. The van der Waals surface area contributed by atoms with E-state index in [0.29, 0.717) is 17.0 Å². The Balaban J connectivity index is 2.29. The van der Waals surface area contributed by atoms with Crippen LogP contribution in [0.25, 0.3) is 0 Å². The minimum atomic E-state index is -0.240. The third-order valence-corrected chi connectivity index (χ3v) is 4.32. The Morgan fingerprint density at radius 2 is 2.17 bits per heavy atom. The maximum absolute atomic E-state index is 13.8. The Morgan fingerprint density at radius 3 is 2.72 bits per heavy atom. The van der Waals surface area contributed by atoms with E-state index in [1.165, 1.54) is 17.2 Å². The van der Waals surface area contributed by atoms with Crippen LogP contribution in [0.15, 0.2) is 29.0 Å². The second-order valence-corrected chi connectivity index (χ2v) is 5.41. The van der Waals surface area contributed by atoms with Gasteiger partial charge in [0, 0.05) is 16.6 Å². The summed E-state index contributed by atoms with van der Waals surface area (Å²) in [7, 11) is 1.89. The molecule has 0 amide bonds. The quantitative estimate of drug-likeness (QED) is 0.879. The molecule has 96 valence electrons. The van der Waals surface area contributed by atoms with Crippen LogP contribution in [0.3, 0.4) is 0 Å². The van der Waals surface area contributed by atoms with Crippen molar-refractivity contribution < 1.29 is 4.39 Å². The van der Waals surface area contributed by atoms with Gasteiger partial charge < -0.3 is 5.32 Å².